The molecule has 53 heavy (non-hydrogen) atoms. The van der Waals surface area contributed by atoms with E-state index in [1.807, 2.05) is 54.6 Å². The van der Waals surface area contributed by atoms with E-state index < -0.39 is 0 Å². The molecule has 1 atom stereocenters. The third-order valence-corrected chi connectivity index (χ3v) is 8.22. The summed E-state index contributed by atoms with van der Waals surface area (Å²) in [5.41, 5.74) is 2.95. The minimum absolute atomic E-state index is 0.135. The van der Waals surface area contributed by atoms with Crippen molar-refractivity contribution in [3.05, 3.63) is 132 Å². The lowest BCUT2D eigenvalue weighted by molar-refractivity contribution is -0.117. The first-order valence-electron chi connectivity index (χ1n) is 17.4. The Bertz CT molecular complexity index is 2030. The van der Waals surface area contributed by atoms with E-state index in [1.54, 1.807) is 42.5 Å². The molecule has 5 aromatic rings. The number of aromatic nitrogens is 3. The van der Waals surface area contributed by atoms with Crippen molar-refractivity contribution < 1.29 is 24.2 Å². The Morgan fingerprint density at radius 2 is 1.43 bits per heavy atom. The summed E-state index contributed by atoms with van der Waals surface area (Å²) >= 11 is 0. The topological polar surface area (TPSA) is 172 Å². The zero-order valence-electron chi connectivity index (χ0n) is 29.1. The largest absolute Gasteiger partial charge is 0.508 e. The van der Waals surface area contributed by atoms with Crippen molar-refractivity contribution in [2.75, 3.05) is 55.5 Å². The van der Waals surface area contributed by atoms with Gasteiger partial charge >= 0.3 is 0 Å². The molecule has 0 radical (unpaired) electrons. The van der Waals surface area contributed by atoms with Gasteiger partial charge < -0.3 is 41.2 Å². The van der Waals surface area contributed by atoms with Crippen LogP contribution in [0.5, 0.6) is 5.75 Å². The van der Waals surface area contributed by atoms with Crippen LogP contribution in [-0.2, 0) is 20.8 Å². The molecule has 6 N–H and O–H groups in total. The predicted molar refractivity (Wildman–Crippen MR) is 205 cm³/mol. The molecule has 0 saturated carbocycles. The molecule has 2 amide bonds. The van der Waals surface area contributed by atoms with Crippen LogP contribution in [0.1, 0.15) is 22.3 Å². The molecular formula is C40H42N8O5. The molecule has 6 rings (SSSR count). The molecule has 1 aromatic heterocycles. The Kier molecular flexibility index (Phi) is 12.9. The Morgan fingerprint density at radius 1 is 0.717 bits per heavy atom. The number of amides is 2. The molecule has 1 aliphatic carbocycles. The average molecular weight is 715 g/mol. The van der Waals surface area contributed by atoms with Gasteiger partial charge in [-0.05, 0) is 59.2 Å². The molecule has 0 saturated heterocycles. The second-order valence-corrected chi connectivity index (χ2v) is 12.1. The molecule has 0 spiro atoms. The van der Waals surface area contributed by atoms with E-state index in [9.17, 15) is 14.7 Å². The standard InChI is InChI=1S/C40H42N8O5/c49-34-19-17-33(18-20-34)45-40-47-38(42-22-24-53-26-25-52-23-21-41-36(50)29-8-2-1-3-9-29)46-39(48-40)44-32-15-13-30(14-16-32)37(51)43-27-31-11-6-10-28-7-4-5-12-35(28)31/h1-15,17-20,32,49H,16,21-27H2,(H,41,50)(H,43,51)(H3,42,44,45,46,47,48). The molecule has 272 valence electrons. The number of fused-ring (bicyclic) bond motifs is 1. The number of phenolic OH excluding ortho intramolecular Hbond substituents is 1. The van der Waals surface area contributed by atoms with Gasteiger partial charge in [-0.1, -0.05) is 78.9 Å². The molecule has 1 heterocycles. The third-order valence-electron chi connectivity index (χ3n) is 8.22. The Morgan fingerprint density at radius 3 is 2.23 bits per heavy atom. The summed E-state index contributed by atoms with van der Waals surface area (Å²) in [6, 6.07) is 29.7. The van der Waals surface area contributed by atoms with Crippen LogP contribution >= 0.6 is 0 Å². The van der Waals surface area contributed by atoms with E-state index in [2.05, 4.69) is 59.7 Å². The van der Waals surface area contributed by atoms with Crippen molar-refractivity contribution in [2.24, 2.45) is 0 Å². The number of anilines is 4. The minimum atomic E-state index is -0.156. The van der Waals surface area contributed by atoms with Crippen molar-refractivity contribution >= 4 is 46.1 Å². The second kappa shape index (κ2) is 18.8. The van der Waals surface area contributed by atoms with Gasteiger partial charge in [0, 0.05) is 36.5 Å². The zero-order valence-corrected chi connectivity index (χ0v) is 29.1. The van der Waals surface area contributed by atoms with Crippen molar-refractivity contribution in [3.8, 4) is 5.75 Å². The molecule has 0 aliphatic heterocycles. The fraction of sp³-hybridized carbons (Fsp3) is 0.225. The SMILES string of the molecule is O=C(NCc1cccc2ccccc12)C1=CCC(Nc2nc(NCCOCCOCCNC(=O)c3ccccc3)nc(Nc3ccc(O)cc3)n2)C=C1. The van der Waals surface area contributed by atoms with Gasteiger partial charge in [-0.3, -0.25) is 9.59 Å². The van der Waals surface area contributed by atoms with Crippen molar-refractivity contribution in [3.63, 3.8) is 0 Å². The van der Waals surface area contributed by atoms with Crippen LogP contribution in [0.3, 0.4) is 0 Å². The van der Waals surface area contributed by atoms with Crippen molar-refractivity contribution in [1.29, 1.82) is 0 Å². The summed E-state index contributed by atoms with van der Waals surface area (Å²) < 4.78 is 11.2. The lowest BCUT2D eigenvalue weighted by Crippen LogP contribution is -2.27. The summed E-state index contributed by atoms with van der Waals surface area (Å²) in [6.07, 6.45) is 6.17. The predicted octanol–water partition coefficient (Wildman–Crippen LogP) is 5.33. The molecule has 0 bridgehead atoms. The normalized spacial score (nSPS) is 13.6. The number of nitrogens with zero attached hydrogens (tertiary/aromatic N) is 3. The number of hydrogen-bond donors (Lipinski definition) is 6. The highest BCUT2D eigenvalue weighted by Gasteiger charge is 2.16. The van der Waals surface area contributed by atoms with Crippen LogP contribution < -0.4 is 26.6 Å². The number of benzene rings is 4. The van der Waals surface area contributed by atoms with Gasteiger partial charge in [0.25, 0.3) is 11.8 Å². The van der Waals surface area contributed by atoms with Crippen LogP contribution in [-0.4, -0.2) is 77.4 Å². The third kappa shape index (κ3) is 11.1. The number of ether oxygens (including phenoxy) is 2. The van der Waals surface area contributed by atoms with Crippen molar-refractivity contribution in [2.45, 2.75) is 19.0 Å². The van der Waals surface area contributed by atoms with Gasteiger partial charge in [-0.15, -0.1) is 0 Å². The summed E-state index contributed by atoms with van der Waals surface area (Å²) in [6.45, 7) is 2.80. The highest BCUT2D eigenvalue weighted by molar-refractivity contribution is 5.97. The van der Waals surface area contributed by atoms with Crippen LogP contribution in [0.15, 0.2) is 121 Å². The smallest absolute Gasteiger partial charge is 0.251 e. The lowest BCUT2D eigenvalue weighted by atomic mass is 10.0. The lowest BCUT2D eigenvalue weighted by Gasteiger charge is -2.19. The molecule has 1 unspecified atom stereocenters. The number of hydrogen-bond acceptors (Lipinski definition) is 11. The maximum atomic E-state index is 13.0. The summed E-state index contributed by atoms with van der Waals surface area (Å²) in [5, 5.41) is 27.5. The number of rotatable bonds is 18. The quantitative estimate of drug-likeness (QED) is 0.0512. The average Bonchev–Trinajstić information content (AvgIpc) is 3.19. The molecule has 13 nitrogen and oxygen atoms in total. The van der Waals surface area contributed by atoms with Gasteiger partial charge in [-0.2, -0.15) is 15.0 Å². The Hall–Kier alpha value is -6.31. The highest BCUT2D eigenvalue weighted by Crippen LogP contribution is 2.21. The summed E-state index contributed by atoms with van der Waals surface area (Å²) in [4.78, 5) is 38.7. The molecule has 4 aromatic carbocycles. The number of carbonyl (C=O) groups is 2. The maximum Gasteiger partial charge on any atom is 0.251 e. The van der Waals surface area contributed by atoms with E-state index in [-0.39, 0.29) is 23.6 Å². The zero-order chi connectivity index (χ0) is 36.7. The van der Waals surface area contributed by atoms with Gasteiger partial charge in [0.1, 0.15) is 5.75 Å². The fourth-order valence-corrected chi connectivity index (χ4v) is 5.52. The van der Waals surface area contributed by atoms with Gasteiger partial charge in [0.2, 0.25) is 17.8 Å². The van der Waals surface area contributed by atoms with Crippen LogP contribution in [0, 0.1) is 0 Å². The van der Waals surface area contributed by atoms with Gasteiger partial charge in [0.05, 0.1) is 32.5 Å². The van der Waals surface area contributed by atoms with E-state index >= 15 is 0 Å². The van der Waals surface area contributed by atoms with E-state index in [1.165, 1.54) is 0 Å². The first-order valence-corrected chi connectivity index (χ1v) is 17.4. The van der Waals surface area contributed by atoms with E-state index in [4.69, 9.17) is 9.47 Å². The number of aromatic hydroxyl groups is 1. The number of carbonyl (C=O) groups excluding carboxylic acids is 2. The molecule has 0 fully saturated rings. The summed E-state index contributed by atoms with van der Waals surface area (Å²) in [7, 11) is 0. The minimum Gasteiger partial charge on any atom is -0.508 e. The van der Waals surface area contributed by atoms with Crippen LogP contribution in [0.2, 0.25) is 0 Å². The number of nitrogens with one attached hydrogen (secondary N) is 5. The van der Waals surface area contributed by atoms with E-state index in [0.29, 0.717) is 87.2 Å². The molecular weight excluding hydrogens is 672 g/mol. The Balaban J connectivity index is 0.961. The first kappa shape index (κ1) is 36.5. The maximum absolute atomic E-state index is 13.0. The van der Waals surface area contributed by atoms with Crippen LogP contribution in [0.4, 0.5) is 23.5 Å². The monoisotopic (exact) mass is 714 g/mol. The van der Waals surface area contributed by atoms with Crippen LogP contribution in [0.25, 0.3) is 10.8 Å². The summed E-state index contributed by atoms with van der Waals surface area (Å²) in [5.74, 6) is 0.846. The Labute approximate surface area is 307 Å². The molecule has 13 heteroatoms. The van der Waals surface area contributed by atoms with Gasteiger partial charge in [-0.25, -0.2) is 0 Å². The van der Waals surface area contributed by atoms with Gasteiger partial charge in [0.15, 0.2) is 0 Å². The fourth-order valence-electron chi connectivity index (χ4n) is 5.52. The highest BCUT2D eigenvalue weighted by atomic mass is 16.5. The van der Waals surface area contributed by atoms with E-state index in [0.717, 1.165) is 16.3 Å². The number of phenols is 1. The molecule has 1 aliphatic rings. The first-order chi connectivity index (χ1) is 26.0. The second-order valence-electron chi connectivity index (χ2n) is 12.1. The van der Waals surface area contributed by atoms with Crippen molar-refractivity contribution in [1.82, 2.24) is 25.6 Å².